The Kier molecular flexibility index (Phi) is 6.64. The molecule has 1 N–H and O–H groups in total. The number of aromatic nitrogens is 2. The molecule has 10 heteroatoms. The van der Waals surface area contributed by atoms with E-state index in [0.29, 0.717) is 10.8 Å². The van der Waals surface area contributed by atoms with Crippen molar-refractivity contribution in [2.24, 2.45) is 0 Å². The van der Waals surface area contributed by atoms with Gasteiger partial charge in [-0.1, -0.05) is 36.1 Å². The number of nitrogens with one attached hydrogen (secondary N) is 1. The van der Waals surface area contributed by atoms with Crippen LogP contribution in [0.5, 0.6) is 0 Å². The van der Waals surface area contributed by atoms with Crippen LogP contribution in [-0.2, 0) is 14.8 Å². The Morgan fingerprint density at radius 1 is 1.27 bits per heavy atom. The molecule has 0 aliphatic heterocycles. The fourth-order valence-corrected chi connectivity index (χ4v) is 5.35. The molecule has 0 saturated heterocycles. The lowest BCUT2D eigenvalue weighted by molar-refractivity contribution is -0.116. The number of benzene rings is 1. The Bertz CT molecular complexity index is 876. The first-order chi connectivity index (χ1) is 12.1. The smallest absolute Gasteiger partial charge is 0.249 e. The van der Waals surface area contributed by atoms with Crippen molar-refractivity contribution < 1.29 is 13.2 Å². The maximum absolute atomic E-state index is 12.6. The maximum Gasteiger partial charge on any atom is 0.249 e. The van der Waals surface area contributed by atoms with Crippen molar-refractivity contribution in [3.05, 3.63) is 29.3 Å². The maximum atomic E-state index is 12.6. The minimum absolute atomic E-state index is 0.353. The Morgan fingerprint density at radius 3 is 2.42 bits per heavy atom. The normalized spacial score (nSPS) is 12.7. The Hall–Kier alpha value is -1.65. The molecule has 2 rings (SSSR count). The highest BCUT2D eigenvalue weighted by Gasteiger charge is 2.30. The van der Waals surface area contributed by atoms with Crippen LogP contribution >= 0.6 is 23.1 Å². The number of nitrogens with zero attached hydrogens (tertiary/aromatic N) is 3. The van der Waals surface area contributed by atoms with Gasteiger partial charge >= 0.3 is 0 Å². The van der Waals surface area contributed by atoms with E-state index < -0.39 is 22.0 Å². The highest BCUT2D eigenvalue weighted by molar-refractivity contribution is 8.01. The van der Waals surface area contributed by atoms with E-state index in [1.54, 1.807) is 19.1 Å². The van der Waals surface area contributed by atoms with Gasteiger partial charge in [-0.2, -0.15) is 0 Å². The third-order valence-electron chi connectivity index (χ3n) is 3.45. The number of sulfonamides is 1. The van der Waals surface area contributed by atoms with Crippen LogP contribution in [0.3, 0.4) is 0 Å². The molecular weight excluding hydrogens is 392 g/mol. The summed E-state index contributed by atoms with van der Waals surface area (Å²) in [5, 5.41) is 10.9. The van der Waals surface area contributed by atoms with Crippen LogP contribution in [0.15, 0.2) is 22.5 Å². The molecule has 0 aliphatic carbocycles. The summed E-state index contributed by atoms with van der Waals surface area (Å²) in [6.45, 7) is 7.32. The topological polar surface area (TPSA) is 92.3 Å². The van der Waals surface area contributed by atoms with Gasteiger partial charge < -0.3 is 0 Å². The van der Waals surface area contributed by atoms with E-state index in [0.717, 1.165) is 31.8 Å². The van der Waals surface area contributed by atoms with Gasteiger partial charge in [-0.05, 0) is 49.8 Å². The Labute approximate surface area is 162 Å². The van der Waals surface area contributed by atoms with Gasteiger partial charge in [0.25, 0.3) is 0 Å². The molecule has 0 fully saturated rings. The quantitative estimate of drug-likeness (QED) is 0.553. The van der Waals surface area contributed by atoms with Crippen LogP contribution in [0.2, 0.25) is 0 Å². The first kappa shape index (κ1) is 20.7. The molecular formula is C16H22N4O3S3. The zero-order valence-electron chi connectivity index (χ0n) is 15.3. The average Bonchev–Trinajstić information content (AvgIpc) is 2.92. The van der Waals surface area contributed by atoms with Crippen molar-refractivity contribution in [1.29, 1.82) is 0 Å². The van der Waals surface area contributed by atoms with Gasteiger partial charge in [0.15, 0.2) is 4.34 Å². The number of rotatable bonds is 7. The molecule has 1 amide bonds. The highest BCUT2D eigenvalue weighted by atomic mass is 32.2. The summed E-state index contributed by atoms with van der Waals surface area (Å²) in [7, 11) is -3.66. The zero-order chi connectivity index (χ0) is 19.5. The lowest BCUT2D eigenvalue weighted by Crippen LogP contribution is -2.45. The number of hydrogen-bond donors (Lipinski definition) is 1. The Morgan fingerprint density at radius 2 is 1.88 bits per heavy atom. The van der Waals surface area contributed by atoms with Crippen LogP contribution in [0.1, 0.15) is 25.0 Å². The average molecular weight is 415 g/mol. The second-order valence-corrected chi connectivity index (χ2v) is 10.2. The number of carbonyl (C=O) groups is 1. The molecule has 0 radical (unpaired) electrons. The van der Waals surface area contributed by atoms with Gasteiger partial charge in [-0.15, -0.1) is 10.2 Å². The summed E-state index contributed by atoms with van der Waals surface area (Å²) in [5.41, 5.74) is 2.31. The van der Waals surface area contributed by atoms with Gasteiger partial charge in [0.1, 0.15) is 6.04 Å². The largest absolute Gasteiger partial charge is 0.299 e. The van der Waals surface area contributed by atoms with Gasteiger partial charge in [0.2, 0.25) is 21.1 Å². The Balaban J connectivity index is 2.28. The van der Waals surface area contributed by atoms with Crippen molar-refractivity contribution >= 4 is 49.8 Å². The molecule has 142 valence electrons. The first-order valence-corrected chi connectivity index (χ1v) is 11.6. The first-order valence-electron chi connectivity index (χ1n) is 7.96. The van der Waals surface area contributed by atoms with E-state index in [4.69, 9.17) is 0 Å². The third kappa shape index (κ3) is 5.18. The van der Waals surface area contributed by atoms with Crippen LogP contribution in [0.25, 0.3) is 0 Å². The highest BCUT2D eigenvalue weighted by Crippen LogP contribution is 2.27. The zero-order valence-corrected chi connectivity index (χ0v) is 17.8. The standard InChI is InChI=1S/C16H22N4O3S3/c1-6-24-16-19-18-15(25-16)17-14(21)12(4)20(26(5,22)23)13-8-10(2)7-11(3)9-13/h7-9,12H,6H2,1-5H3,(H,17,18,21). The van der Waals surface area contributed by atoms with E-state index in [2.05, 4.69) is 15.5 Å². The minimum Gasteiger partial charge on any atom is -0.299 e. The molecule has 1 heterocycles. The summed E-state index contributed by atoms with van der Waals surface area (Å²) in [5.74, 6) is 0.395. The van der Waals surface area contributed by atoms with Gasteiger partial charge in [-0.3, -0.25) is 14.4 Å². The molecule has 0 bridgehead atoms. The molecule has 2 aromatic rings. The molecule has 0 spiro atoms. The summed E-state index contributed by atoms with van der Waals surface area (Å²) < 4.78 is 26.6. The number of anilines is 2. The molecule has 7 nitrogen and oxygen atoms in total. The summed E-state index contributed by atoms with van der Waals surface area (Å²) in [4.78, 5) is 12.6. The summed E-state index contributed by atoms with van der Waals surface area (Å²) >= 11 is 2.79. The predicted molar refractivity (Wildman–Crippen MR) is 108 cm³/mol. The number of carbonyl (C=O) groups excluding carboxylic acids is 1. The van der Waals surface area contributed by atoms with Crippen LogP contribution < -0.4 is 9.62 Å². The van der Waals surface area contributed by atoms with Crippen molar-refractivity contribution in [3.8, 4) is 0 Å². The lowest BCUT2D eigenvalue weighted by Gasteiger charge is -2.28. The fourth-order valence-electron chi connectivity index (χ4n) is 2.54. The summed E-state index contributed by atoms with van der Waals surface area (Å²) in [6, 6.07) is 4.51. The minimum atomic E-state index is -3.66. The fraction of sp³-hybridized carbons (Fsp3) is 0.438. The molecule has 0 saturated carbocycles. The second-order valence-electron chi connectivity index (χ2n) is 5.88. The van der Waals surface area contributed by atoms with Crippen molar-refractivity contribution in [2.45, 2.75) is 38.1 Å². The molecule has 26 heavy (non-hydrogen) atoms. The van der Waals surface area contributed by atoms with E-state index in [-0.39, 0.29) is 0 Å². The van der Waals surface area contributed by atoms with Gasteiger partial charge in [0.05, 0.1) is 11.9 Å². The summed E-state index contributed by atoms with van der Waals surface area (Å²) in [6.07, 6.45) is 1.09. The van der Waals surface area contributed by atoms with Crippen molar-refractivity contribution in [1.82, 2.24) is 10.2 Å². The van der Waals surface area contributed by atoms with E-state index in [9.17, 15) is 13.2 Å². The molecule has 1 unspecified atom stereocenters. The number of thioether (sulfide) groups is 1. The molecule has 1 aromatic carbocycles. The predicted octanol–water partition coefficient (Wildman–Crippen LogP) is 3.06. The van der Waals surface area contributed by atoms with E-state index >= 15 is 0 Å². The molecule has 1 atom stereocenters. The van der Waals surface area contributed by atoms with Crippen LogP contribution in [-0.4, -0.2) is 42.6 Å². The van der Waals surface area contributed by atoms with Crippen LogP contribution in [0, 0.1) is 13.8 Å². The number of aryl methyl sites for hydroxylation is 2. The number of amides is 1. The molecule has 0 aliphatic rings. The van der Waals surface area contributed by atoms with E-state index in [1.807, 2.05) is 26.8 Å². The number of hydrogen-bond acceptors (Lipinski definition) is 7. The lowest BCUT2D eigenvalue weighted by atomic mass is 10.1. The van der Waals surface area contributed by atoms with Crippen molar-refractivity contribution in [2.75, 3.05) is 21.6 Å². The van der Waals surface area contributed by atoms with Gasteiger partial charge in [-0.25, -0.2) is 8.42 Å². The van der Waals surface area contributed by atoms with Crippen LogP contribution in [0.4, 0.5) is 10.8 Å². The van der Waals surface area contributed by atoms with Gasteiger partial charge in [0, 0.05) is 0 Å². The monoisotopic (exact) mass is 414 g/mol. The van der Waals surface area contributed by atoms with E-state index in [1.165, 1.54) is 23.1 Å². The second kappa shape index (κ2) is 8.36. The van der Waals surface area contributed by atoms with Crippen molar-refractivity contribution in [3.63, 3.8) is 0 Å². The third-order valence-corrected chi connectivity index (χ3v) is 6.55. The molecule has 1 aromatic heterocycles. The SMILES string of the molecule is CCSc1nnc(NC(=O)C(C)N(c2cc(C)cc(C)c2)S(C)(=O)=O)s1.